The van der Waals surface area contributed by atoms with Gasteiger partial charge in [-0.15, -0.1) is 11.6 Å². The van der Waals surface area contributed by atoms with Gasteiger partial charge in [-0.05, 0) is 30.9 Å². The number of hydrogen-bond donors (Lipinski definition) is 0. The van der Waals surface area contributed by atoms with Crippen LogP contribution in [0.15, 0.2) is 18.2 Å². The Morgan fingerprint density at radius 3 is 2.62 bits per heavy atom. The first-order chi connectivity index (χ1) is 7.72. The highest BCUT2D eigenvalue weighted by molar-refractivity contribution is 6.32. The minimum atomic E-state index is 0.487. The lowest BCUT2D eigenvalue weighted by Gasteiger charge is -2.33. The van der Waals surface area contributed by atoms with E-state index in [9.17, 15) is 0 Å². The molecule has 0 spiro atoms. The largest absolute Gasteiger partial charge is 0.371 e. The summed E-state index contributed by atoms with van der Waals surface area (Å²) in [6.45, 7) is 4.55. The maximum atomic E-state index is 6.17. The molecule has 1 saturated heterocycles. The van der Waals surface area contributed by atoms with Crippen molar-refractivity contribution < 1.29 is 0 Å². The maximum absolute atomic E-state index is 6.17. The van der Waals surface area contributed by atoms with Crippen molar-refractivity contribution in [2.45, 2.75) is 25.6 Å². The molecule has 0 aliphatic carbocycles. The molecule has 0 N–H and O–H groups in total. The van der Waals surface area contributed by atoms with Crippen LogP contribution in [0.2, 0.25) is 5.02 Å². The van der Waals surface area contributed by atoms with Crippen molar-refractivity contribution in [3.63, 3.8) is 0 Å². The van der Waals surface area contributed by atoms with Gasteiger partial charge in [-0.2, -0.15) is 0 Å². The van der Waals surface area contributed by atoms with Crippen LogP contribution in [0.25, 0.3) is 0 Å². The fourth-order valence-corrected chi connectivity index (χ4v) is 2.81. The number of anilines is 1. The van der Waals surface area contributed by atoms with Crippen LogP contribution in [0.4, 0.5) is 5.69 Å². The summed E-state index contributed by atoms with van der Waals surface area (Å²) in [5.41, 5.74) is 2.29. The van der Waals surface area contributed by atoms with Crippen LogP contribution in [0.5, 0.6) is 0 Å². The quantitative estimate of drug-likeness (QED) is 0.714. The molecular weight excluding hydrogens is 241 g/mol. The van der Waals surface area contributed by atoms with Gasteiger partial charge >= 0.3 is 0 Å². The Labute approximate surface area is 107 Å². The summed E-state index contributed by atoms with van der Waals surface area (Å²) in [6, 6.07) is 6.04. The monoisotopic (exact) mass is 257 g/mol. The Morgan fingerprint density at radius 2 is 2.00 bits per heavy atom. The average Bonchev–Trinajstić information content (AvgIpc) is 2.30. The first-order valence-electron chi connectivity index (χ1n) is 5.80. The Hall–Kier alpha value is -0.400. The van der Waals surface area contributed by atoms with Crippen molar-refractivity contribution in [2.24, 2.45) is 5.92 Å². The molecule has 2 rings (SSSR count). The van der Waals surface area contributed by atoms with Gasteiger partial charge in [0.1, 0.15) is 0 Å². The SMILES string of the molecule is CC1CCN(c2cccc(Cl)c2CCl)CC1. The number of halogens is 2. The molecule has 0 aromatic heterocycles. The predicted molar refractivity (Wildman–Crippen MR) is 71.6 cm³/mol. The third kappa shape index (κ3) is 2.46. The highest BCUT2D eigenvalue weighted by atomic mass is 35.5. The fraction of sp³-hybridized carbons (Fsp3) is 0.538. The Bertz CT molecular complexity index is 357. The first kappa shape index (κ1) is 12.1. The van der Waals surface area contributed by atoms with E-state index in [0.29, 0.717) is 5.88 Å². The van der Waals surface area contributed by atoms with Gasteiger partial charge in [0.2, 0.25) is 0 Å². The molecule has 0 atom stereocenters. The molecule has 0 bridgehead atoms. The van der Waals surface area contributed by atoms with Crippen LogP contribution in [0.3, 0.4) is 0 Å². The normalized spacial score (nSPS) is 17.8. The minimum absolute atomic E-state index is 0.487. The zero-order chi connectivity index (χ0) is 11.5. The lowest BCUT2D eigenvalue weighted by molar-refractivity contribution is 0.438. The lowest BCUT2D eigenvalue weighted by atomic mass is 9.98. The van der Waals surface area contributed by atoms with Crippen molar-refractivity contribution in [1.29, 1.82) is 0 Å². The summed E-state index contributed by atoms with van der Waals surface area (Å²) in [6.07, 6.45) is 2.52. The second-order valence-corrected chi connectivity index (χ2v) is 5.22. The summed E-state index contributed by atoms with van der Waals surface area (Å²) in [5.74, 6) is 1.33. The van der Waals surface area contributed by atoms with Crippen LogP contribution >= 0.6 is 23.2 Å². The van der Waals surface area contributed by atoms with Gasteiger partial charge in [-0.3, -0.25) is 0 Å². The van der Waals surface area contributed by atoms with Crippen LogP contribution < -0.4 is 4.90 Å². The van der Waals surface area contributed by atoms with Gasteiger partial charge in [0.05, 0.1) is 5.88 Å². The fourth-order valence-electron chi connectivity index (χ4n) is 2.23. The molecule has 1 fully saturated rings. The van der Waals surface area contributed by atoms with Crippen molar-refractivity contribution >= 4 is 28.9 Å². The summed E-state index contributed by atoms with van der Waals surface area (Å²) in [4.78, 5) is 2.41. The van der Waals surface area contributed by atoms with E-state index in [4.69, 9.17) is 23.2 Å². The summed E-state index contributed by atoms with van der Waals surface area (Å²) in [5, 5.41) is 0.783. The van der Waals surface area contributed by atoms with Crippen molar-refractivity contribution in [2.75, 3.05) is 18.0 Å². The molecule has 1 aliphatic rings. The maximum Gasteiger partial charge on any atom is 0.0509 e. The van der Waals surface area contributed by atoms with Gasteiger partial charge in [0.15, 0.2) is 0 Å². The van der Waals surface area contributed by atoms with Crippen molar-refractivity contribution in [3.05, 3.63) is 28.8 Å². The number of alkyl halides is 1. The number of piperidine rings is 1. The van der Waals surface area contributed by atoms with E-state index in [1.807, 2.05) is 12.1 Å². The lowest BCUT2D eigenvalue weighted by Crippen LogP contribution is -2.33. The Kier molecular flexibility index (Phi) is 3.99. The highest BCUT2D eigenvalue weighted by Crippen LogP contribution is 2.31. The molecule has 16 heavy (non-hydrogen) atoms. The number of nitrogens with zero attached hydrogens (tertiary/aromatic N) is 1. The van der Waals surface area contributed by atoms with Gasteiger partial charge in [0.25, 0.3) is 0 Å². The van der Waals surface area contributed by atoms with E-state index in [1.165, 1.54) is 18.5 Å². The summed E-state index contributed by atoms with van der Waals surface area (Å²) in [7, 11) is 0. The van der Waals surface area contributed by atoms with Crippen LogP contribution in [0.1, 0.15) is 25.3 Å². The van der Waals surface area contributed by atoms with E-state index in [-0.39, 0.29) is 0 Å². The van der Waals surface area contributed by atoms with Crippen molar-refractivity contribution in [1.82, 2.24) is 0 Å². The van der Waals surface area contributed by atoms with Crippen LogP contribution in [-0.2, 0) is 5.88 Å². The molecule has 1 aromatic carbocycles. The smallest absolute Gasteiger partial charge is 0.0509 e. The standard InChI is InChI=1S/C13H17Cl2N/c1-10-5-7-16(8-6-10)13-4-2-3-12(15)11(13)9-14/h2-4,10H,5-9H2,1H3. The molecule has 1 heterocycles. The molecule has 0 amide bonds. The minimum Gasteiger partial charge on any atom is -0.371 e. The molecule has 88 valence electrons. The molecule has 1 aromatic rings. The summed E-state index contributed by atoms with van der Waals surface area (Å²) < 4.78 is 0. The van der Waals surface area contributed by atoms with E-state index in [1.54, 1.807) is 0 Å². The van der Waals surface area contributed by atoms with Gasteiger partial charge < -0.3 is 4.90 Å². The zero-order valence-corrected chi connectivity index (χ0v) is 11.1. The Balaban J connectivity index is 2.23. The second-order valence-electron chi connectivity index (χ2n) is 4.54. The van der Waals surface area contributed by atoms with E-state index in [0.717, 1.165) is 29.6 Å². The third-order valence-corrected chi connectivity index (χ3v) is 3.97. The molecule has 1 nitrogen and oxygen atoms in total. The molecule has 0 saturated carbocycles. The van der Waals surface area contributed by atoms with E-state index >= 15 is 0 Å². The Morgan fingerprint density at radius 1 is 1.31 bits per heavy atom. The predicted octanol–water partition coefficient (Wildman–Crippen LogP) is 4.32. The number of hydrogen-bond acceptors (Lipinski definition) is 1. The third-order valence-electron chi connectivity index (χ3n) is 3.35. The van der Waals surface area contributed by atoms with Crippen LogP contribution in [-0.4, -0.2) is 13.1 Å². The van der Waals surface area contributed by atoms with Crippen molar-refractivity contribution in [3.8, 4) is 0 Å². The average molecular weight is 258 g/mol. The van der Waals surface area contributed by atoms with E-state index in [2.05, 4.69) is 17.9 Å². The molecule has 0 unspecified atom stereocenters. The van der Waals surface area contributed by atoms with Crippen LogP contribution in [0, 0.1) is 5.92 Å². The first-order valence-corrected chi connectivity index (χ1v) is 6.72. The molecule has 3 heteroatoms. The molecule has 1 aliphatic heterocycles. The number of benzene rings is 1. The van der Waals surface area contributed by atoms with Gasteiger partial charge in [-0.1, -0.05) is 24.6 Å². The highest BCUT2D eigenvalue weighted by Gasteiger charge is 2.18. The van der Waals surface area contributed by atoms with Gasteiger partial charge in [0, 0.05) is 29.4 Å². The van der Waals surface area contributed by atoms with Gasteiger partial charge in [-0.25, -0.2) is 0 Å². The zero-order valence-electron chi connectivity index (χ0n) is 9.55. The summed E-state index contributed by atoms with van der Waals surface area (Å²) >= 11 is 12.1. The number of rotatable bonds is 2. The molecular formula is C13H17Cl2N. The molecule has 0 radical (unpaired) electrons. The topological polar surface area (TPSA) is 3.24 Å². The van der Waals surface area contributed by atoms with E-state index < -0.39 is 0 Å². The second kappa shape index (κ2) is 5.29.